The van der Waals surface area contributed by atoms with Crippen molar-refractivity contribution in [2.75, 3.05) is 5.33 Å². The van der Waals surface area contributed by atoms with Crippen LogP contribution < -0.4 is 0 Å². The second-order valence-electron chi connectivity index (χ2n) is 3.16. The monoisotopic (exact) mass is 225 g/mol. The Morgan fingerprint density at radius 1 is 1.33 bits per heavy atom. The third-order valence-corrected chi connectivity index (χ3v) is 3.11. The first-order valence-corrected chi connectivity index (χ1v) is 5.24. The average molecular weight is 226 g/mol. The van der Waals surface area contributed by atoms with Gasteiger partial charge in [0.1, 0.15) is 0 Å². The van der Waals surface area contributed by atoms with Gasteiger partial charge in [0.05, 0.1) is 0 Å². The maximum absolute atomic E-state index is 3.47. The number of halogens is 1. The fourth-order valence-corrected chi connectivity index (χ4v) is 1.59. The highest BCUT2D eigenvalue weighted by atomic mass is 79.9. The van der Waals surface area contributed by atoms with Gasteiger partial charge in [-0.1, -0.05) is 41.1 Å². The zero-order valence-corrected chi connectivity index (χ0v) is 9.40. The quantitative estimate of drug-likeness (QED) is 0.675. The Morgan fingerprint density at radius 3 is 2.58 bits per heavy atom. The van der Waals surface area contributed by atoms with Crippen molar-refractivity contribution >= 4 is 15.9 Å². The highest BCUT2D eigenvalue weighted by Gasteiger charge is 2.07. The fourth-order valence-electron chi connectivity index (χ4n) is 1.29. The number of benzene rings is 1. The van der Waals surface area contributed by atoms with E-state index in [1.807, 2.05) is 0 Å². The lowest BCUT2D eigenvalue weighted by molar-refractivity contribution is 1.13. The molecule has 1 rings (SSSR count). The predicted molar refractivity (Wildman–Crippen MR) is 57.7 cm³/mol. The fraction of sp³-hybridized carbons (Fsp3) is 0.364. The summed E-state index contributed by atoms with van der Waals surface area (Å²) in [5.41, 5.74) is 4.15. The highest BCUT2D eigenvalue weighted by molar-refractivity contribution is 9.09. The van der Waals surface area contributed by atoms with Gasteiger partial charge in [-0.25, -0.2) is 0 Å². The Labute approximate surface area is 83.1 Å². The minimum absolute atomic E-state index is 0.956. The Morgan fingerprint density at radius 2 is 2.00 bits per heavy atom. The standard InChI is InChI=1S/C11H14Br/c1-8-5-4-6-11(10(8)3)9(2)7-12/h4-6H,7H2,1-3H3. The Kier molecular flexibility index (Phi) is 3.33. The average Bonchev–Trinajstić information content (AvgIpc) is 2.08. The lowest BCUT2D eigenvalue weighted by Crippen LogP contribution is -1.99. The summed E-state index contributed by atoms with van der Waals surface area (Å²) < 4.78 is 0. The molecular weight excluding hydrogens is 212 g/mol. The minimum Gasteiger partial charge on any atom is -0.0918 e. The number of hydrogen-bond acceptors (Lipinski definition) is 0. The molecular formula is C11H14Br. The van der Waals surface area contributed by atoms with Crippen LogP contribution in [0.15, 0.2) is 18.2 Å². The SMILES string of the molecule is C[C](CBr)c1cccc(C)c1C. The lowest BCUT2D eigenvalue weighted by atomic mass is 9.95. The van der Waals surface area contributed by atoms with E-state index in [0.717, 1.165) is 5.33 Å². The van der Waals surface area contributed by atoms with Crippen molar-refractivity contribution in [2.45, 2.75) is 20.8 Å². The van der Waals surface area contributed by atoms with E-state index in [0.29, 0.717) is 0 Å². The van der Waals surface area contributed by atoms with Crippen LogP contribution >= 0.6 is 15.9 Å². The summed E-state index contributed by atoms with van der Waals surface area (Å²) in [6.45, 7) is 6.49. The second-order valence-corrected chi connectivity index (χ2v) is 3.72. The number of hydrogen-bond donors (Lipinski definition) is 0. The van der Waals surface area contributed by atoms with Gasteiger partial charge in [-0.2, -0.15) is 0 Å². The zero-order valence-electron chi connectivity index (χ0n) is 7.82. The van der Waals surface area contributed by atoms with E-state index in [1.165, 1.54) is 22.6 Å². The molecule has 0 aliphatic carbocycles. The van der Waals surface area contributed by atoms with E-state index in [-0.39, 0.29) is 0 Å². The molecule has 0 heterocycles. The first-order valence-electron chi connectivity index (χ1n) is 4.11. The molecule has 0 spiro atoms. The van der Waals surface area contributed by atoms with Crippen molar-refractivity contribution in [2.24, 2.45) is 0 Å². The number of rotatable bonds is 2. The van der Waals surface area contributed by atoms with Gasteiger partial charge in [0.25, 0.3) is 0 Å². The maximum atomic E-state index is 3.47. The van der Waals surface area contributed by atoms with Crippen LogP contribution in [0, 0.1) is 19.8 Å². The molecule has 0 N–H and O–H groups in total. The van der Waals surface area contributed by atoms with E-state index in [9.17, 15) is 0 Å². The molecule has 12 heavy (non-hydrogen) atoms. The van der Waals surface area contributed by atoms with Gasteiger partial charge in [0.2, 0.25) is 0 Å². The van der Waals surface area contributed by atoms with E-state index < -0.39 is 0 Å². The third-order valence-electron chi connectivity index (χ3n) is 2.26. The van der Waals surface area contributed by atoms with E-state index in [4.69, 9.17) is 0 Å². The lowest BCUT2D eigenvalue weighted by Gasteiger charge is -2.12. The summed E-state index contributed by atoms with van der Waals surface area (Å²) >= 11 is 3.47. The molecule has 0 fully saturated rings. The van der Waals surface area contributed by atoms with Gasteiger partial charge in [0, 0.05) is 11.2 Å². The van der Waals surface area contributed by atoms with Gasteiger partial charge in [0.15, 0.2) is 0 Å². The van der Waals surface area contributed by atoms with Crippen molar-refractivity contribution in [1.82, 2.24) is 0 Å². The van der Waals surface area contributed by atoms with Crippen LogP contribution in [0.1, 0.15) is 23.6 Å². The molecule has 0 aromatic heterocycles. The number of aryl methyl sites for hydroxylation is 1. The molecule has 0 bridgehead atoms. The molecule has 1 heteroatoms. The Bertz CT molecular complexity index is 266. The van der Waals surface area contributed by atoms with Crippen LogP contribution in [0.4, 0.5) is 0 Å². The van der Waals surface area contributed by atoms with E-state index in [2.05, 4.69) is 54.9 Å². The molecule has 1 radical (unpaired) electrons. The highest BCUT2D eigenvalue weighted by Crippen LogP contribution is 2.22. The molecule has 65 valence electrons. The van der Waals surface area contributed by atoms with Crippen molar-refractivity contribution in [1.29, 1.82) is 0 Å². The molecule has 0 nitrogen and oxygen atoms in total. The molecule has 1 aromatic rings. The van der Waals surface area contributed by atoms with Gasteiger partial charge >= 0.3 is 0 Å². The minimum atomic E-state index is 0.956. The van der Waals surface area contributed by atoms with E-state index >= 15 is 0 Å². The molecule has 0 aliphatic heterocycles. The molecule has 0 saturated heterocycles. The number of alkyl halides is 1. The van der Waals surface area contributed by atoms with Gasteiger partial charge in [-0.05, 0) is 30.5 Å². The Hall–Kier alpha value is -0.300. The van der Waals surface area contributed by atoms with Crippen LogP contribution in [-0.4, -0.2) is 5.33 Å². The molecule has 0 unspecified atom stereocenters. The second kappa shape index (κ2) is 4.08. The Balaban J connectivity index is 3.07. The summed E-state index contributed by atoms with van der Waals surface area (Å²) in [6, 6.07) is 6.45. The molecule has 1 aromatic carbocycles. The van der Waals surface area contributed by atoms with Crippen LogP contribution in [0.25, 0.3) is 0 Å². The summed E-state index contributed by atoms with van der Waals surface area (Å²) in [7, 11) is 0. The van der Waals surface area contributed by atoms with Crippen molar-refractivity contribution in [3.8, 4) is 0 Å². The van der Waals surface area contributed by atoms with Crippen molar-refractivity contribution < 1.29 is 0 Å². The largest absolute Gasteiger partial charge is 0.0918 e. The van der Waals surface area contributed by atoms with Crippen LogP contribution in [0.3, 0.4) is 0 Å². The summed E-state index contributed by atoms with van der Waals surface area (Å²) in [6.07, 6.45) is 0. The van der Waals surface area contributed by atoms with Crippen molar-refractivity contribution in [3.05, 3.63) is 40.8 Å². The van der Waals surface area contributed by atoms with Crippen molar-refractivity contribution in [3.63, 3.8) is 0 Å². The smallest absolute Gasteiger partial charge is 0.0135 e. The summed E-state index contributed by atoms with van der Waals surface area (Å²) in [5.74, 6) is 1.40. The normalized spacial score (nSPS) is 10.8. The first-order chi connectivity index (χ1) is 5.66. The van der Waals surface area contributed by atoms with Gasteiger partial charge < -0.3 is 0 Å². The third kappa shape index (κ3) is 1.89. The molecule has 0 saturated carbocycles. The molecule has 0 amide bonds. The van der Waals surface area contributed by atoms with Crippen LogP contribution in [0.2, 0.25) is 0 Å². The zero-order chi connectivity index (χ0) is 9.14. The predicted octanol–water partition coefficient (Wildman–Crippen LogP) is 3.64. The van der Waals surface area contributed by atoms with Crippen LogP contribution in [-0.2, 0) is 0 Å². The summed E-state index contributed by atoms with van der Waals surface area (Å²) in [5, 5.41) is 0.956. The maximum Gasteiger partial charge on any atom is 0.0135 e. The summed E-state index contributed by atoms with van der Waals surface area (Å²) in [4.78, 5) is 0. The van der Waals surface area contributed by atoms with E-state index in [1.54, 1.807) is 0 Å². The molecule has 0 atom stereocenters. The topological polar surface area (TPSA) is 0 Å². The van der Waals surface area contributed by atoms with Gasteiger partial charge in [-0.15, -0.1) is 0 Å². The van der Waals surface area contributed by atoms with Crippen LogP contribution in [0.5, 0.6) is 0 Å². The first kappa shape index (κ1) is 9.79. The van der Waals surface area contributed by atoms with Gasteiger partial charge in [-0.3, -0.25) is 0 Å². The molecule has 0 aliphatic rings.